The SMILES string of the molecule is COc1ccc(-c2csc3ncnc(Nc4ccc(Cc5ccncc5)cc4)c23)cc1OC. The van der Waals surface area contributed by atoms with E-state index in [9.17, 15) is 0 Å². The molecule has 6 nitrogen and oxygen atoms in total. The van der Waals surface area contributed by atoms with Crippen molar-refractivity contribution in [2.75, 3.05) is 19.5 Å². The summed E-state index contributed by atoms with van der Waals surface area (Å²) in [4.78, 5) is 14.0. The lowest BCUT2D eigenvalue weighted by Crippen LogP contribution is -1.96. The van der Waals surface area contributed by atoms with Crippen LogP contribution in [-0.4, -0.2) is 29.2 Å². The van der Waals surface area contributed by atoms with Gasteiger partial charge in [-0.1, -0.05) is 18.2 Å². The van der Waals surface area contributed by atoms with E-state index in [2.05, 4.69) is 49.9 Å². The highest BCUT2D eigenvalue weighted by Crippen LogP contribution is 2.40. The molecule has 0 unspecified atom stereocenters. The van der Waals surface area contributed by atoms with E-state index in [0.717, 1.165) is 39.3 Å². The van der Waals surface area contributed by atoms with Gasteiger partial charge < -0.3 is 14.8 Å². The smallest absolute Gasteiger partial charge is 0.161 e. The van der Waals surface area contributed by atoms with E-state index in [-0.39, 0.29) is 0 Å². The van der Waals surface area contributed by atoms with Crippen LogP contribution in [0.25, 0.3) is 21.3 Å². The Hall–Kier alpha value is -3.97. The number of rotatable bonds is 7. The average Bonchev–Trinajstić information content (AvgIpc) is 3.31. The Morgan fingerprint density at radius 3 is 2.36 bits per heavy atom. The molecule has 0 saturated heterocycles. The second kappa shape index (κ2) is 9.26. The van der Waals surface area contributed by atoms with Gasteiger partial charge in [0.25, 0.3) is 0 Å². The molecule has 1 N–H and O–H groups in total. The quantitative estimate of drug-likeness (QED) is 0.320. The van der Waals surface area contributed by atoms with Crippen molar-refractivity contribution in [2.24, 2.45) is 0 Å². The van der Waals surface area contributed by atoms with Crippen molar-refractivity contribution in [1.82, 2.24) is 15.0 Å². The molecule has 3 aromatic heterocycles. The van der Waals surface area contributed by atoms with Crippen molar-refractivity contribution >= 4 is 33.1 Å². The number of aromatic nitrogens is 3. The number of fused-ring (bicyclic) bond motifs is 1. The summed E-state index contributed by atoms with van der Waals surface area (Å²) in [6.07, 6.45) is 6.11. The Balaban J connectivity index is 1.45. The van der Waals surface area contributed by atoms with Crippen molar-refractivity contribution < 1.29 is 9.47 Å². The molecule has 0 saturated carbocycles. The van der Waals surface area contributed by atoms with Crippen LogP contribution in [0.3, 0.4) is 0 Å². The Bertz CT molecular complexity index is 1390. The third-order valence-electron chi connectivity index (χ3n) is 5.44. The lowest BCUT2D eigenvalue weighted by molar-refractivity contribution is 0.355. The number of methoxy groups -OCH3 is 2. The van der Waals surface area contributed by atoms with Gasteiger partial charge in [0, 0.05) is 29.0 Å². The molecule has 0 aliphatic rings. The first-order valence-electron chi connectivity index (χ1n) is 10.4. The van der Waals surface area contributed by atoms with Crippen LogP contribution in [0, 0.1) is 0 Å². The minimum absolute atomic E-state index is 0.686. The molecule has 0 spiro atoms. The van der Waals surface area contributed by atoms with E-state index < -0.39 is 0 Å². The van der Waals surface area contributed by atoms with E-state index in [4.69, 9.17) is 9.47 Å². The monoisotopic (exact) mass is 454 g/mol. The second-order valence-corrected chi connectivity index (χ2v) is 8.33. The van der Waals surface area contributed by atoms with Gasteiger partial charge in [0.1, 0.15) is 17.0 Å². The van der Waals surface area contributed by atoms with Gasteiger partial charge in [-0.25, -0.2) is 9.97 Å². The molecule has 5 aromatic rings. The lowest BCUT2D eigenvalue weighted by Gasteiger charge is -2.11. The molecular formula is C26H22N4O2S. The predicted molar refractivity (Wildman–Crippen MR) is 133 cm³/mol. The van der Waals surface area contributed by atoms with Gasteiger partial charge in [-0.3, -0.25) is 4.98 Å². The summed E-state index contributed by atoms with van der Waals surface area (Å²) in [5.74, 6) is 2.15. The zero-order valence-corrected chi connectivity index (χ0v) is 19.1. The molecule has 0 amide bonds. The van der Waals surface area contributed by atoms with Gasteiger partial charge in [0.2, 0.25) is 0 Å². The van der Waals surface area contributed by atoms with Gasteiger partial charge in [-0.15, -0.1) is 11.3 Å². The average molecular weight is 455 g/mol. The molecule has 0 atom stereocenters. The van der Waals surface area contributed by atoms with Crippen LogP contribution in [0.5, 0.6) is 11.5 Å². The maximum Gasteiger partial charge on any atom is 0.161 e. The molecule has 0 aliphatic carbocycles. The summed E-state index contributed by atoms with van der Waals surface area (Å²) in [6, 6.07) is 18.4. The maximum absolute atomic E-state index is 5.49. The molecule has 0 radical (unpaired) electrons. The second-order valence-electron chi connectivity index (χ2n) is 7.48. The van der Waals surface area contributed by atoms with Gasteiger partial charge >= 0.3 is 0 Å². The van der Waals surface area contributed by atoms with E-state index in [1.165, 1.54) is 11.1 Å². The minimum Gasteiger partial charge on any atom is -0.493 e. The van der Waals surface area contributed by atoms with Crippen LogP contribution in [0.15, 0.2) is 78.7 Å². The summed E-state index contributed by atoms with van der Waals surface area (Å²) in [5, 5.41) is 6.56. The van der Waals surface area contributed by atoms with Crippen molar-refractivity contribution in [3.05, 3.63) is 89.8 Å². The first kappa shape index (κ1) is 20.9. The fraction of sp³-hybridized carbons (Fsp3) is 0.115. The van der Waals surface area contributed by atoms with Crippen LogP contribution in [0.4, 0.5) is 11.5 Å². The summed E-state index contributed by atoms with van der Waals surface area (Å²) in [7, 11) is 3.28. The van der Waals surface area contributed by atoms with Crippen molar-refractivity contribution in [2.45, 2.75) is 6.42 Å². The summed E-state index contributed by atoms with van der Waals surface area (Å²) in [6.45, 7) is 0. The van der Waals surface area contributed by atoms with Crippen molar-refractivity contribution in [1.29, 1.82) is 0 Å². The van der Waals surface area contributed by atoms with Crippen molar-refractivity contribution in [3.8, 4) is 22.6 Å². The van der Waals surface area contributed by atoms with Crippen LogP contribution in [0.2, 0.25) is 0 Å². The molecule has 164 valence electrons. The van der Waals surface area contributed by atoms with E-state index in [1.54, 1.807) is 31.9 Å². The number of ether oxygens (including phenoxy) is 2. The van der Waals surface area contributed by atoms with Crippen LogP contribution in [-0.2, 0) is 6.42 Å². The zero-order valence-electron chi connectivity index (χ0n) is 18.3. The Kier molecular flexibility index (Phi) is 5.87. The maximum atomic E-state index is 5.49. The van der Waals surface area contributed by atoms with Crippen LogP contribution < -0.4 is 14.8 Å². The molecule has 0 bridgehead atoms. The standard InChI is InChI=1S/C26H22N4O2S/c1-31-22-8-5-19(14-23(22)32-2)21-15-33-26-24(21)25(28-16-29-26)30-20-6-3-17(4-7-20)13-18-9-11-27-12-10-18/h3-12,14-16H,13H2,1-2H3,(H,28,29,30). The highest BCUT2D eigenvalue weighted by atomic mass is 32.1. The number of thiophene rings is 1. The van der Waals surface area contributed by atoms with Crippen LogP contribution >= 0.6 is 11.3 Å². The largest absolute Gasteiger partial charge is 0.493 e. The van der Waals surface area contributed by atoms with Gasteiger partial charge in [0.15, 0.2) is 11.5 Å². The summed E-state index contributed by atoms with van der Waals surface area (Å²) >= 11 is 1.59. The third-order valence-corrected chi connectivity index (χ3v) is 6.33. The van der Waals surface area contributed by atoms with Crippen molar-refractivity contribution in [3.63, 3.8) is 0 Å². The van der Waals surface area contributed by atoms with E-state index in [0.29, 0.717) is 11.5 Å². The Labute approximate surface area is 195 Å². The van der Waals surface area contributed by atoms with Gasteiger partial charge in [0.05, 0.1) is 19.6 Å². The van der Waals surface area contributed by atoms with Crippen LogP contribution in [0.1, 0.15) is 11.1 Å². The number of nitrogens with zero attached hydrogens (tertiary/aromatic N) is 3. The fourth-order valence-corrected chi connectivity index (χ4v) is 4.68. The fourth-order valence-electron chi connectivity index (χ4n) is 3.77. The molecule has 3 heterocycles. The first-order valence-corrected chi connectivity index (χ1v) is 11.3. The zero-order chi connectivity index (χ0) is 22.6. The highest BCUT2D eigenvalue weighted by Gasteiger charge is 2.15. The van der Waals surface area contributed by atoms with Gasteiger partial charge in [-0.05, 0) is 59.5 Å². The molecular weight excluding hydrogens is 432 g/mol. The number of hydrogen-bond donors (Lipinski definition) is 1. The molecule has 2 aromatic carbocycles. The van der Waals surface area contributed by atoms with E-state index in [1.807, 2.05) is 42.7 Å². The molecule has 0 fully saturated rings. The number of anilines is 2. The third kappa shape index (κ3) is 4.36. The lowest BCUT2D eigenvalue weighted by atomic mass is 10.0. The van der Waals surface area contributed by atoms with E-state index >= 15 is 0 Å². The Morgan fingerprint density at radius 2 is 1.61 bits per heavy atom. The highest BCUT2D eigenvalue weighted by molar-refractivity contribution is 7.17. The number of nitrogens with one attached hydrogen (secondary N) is 1. The molecule has 33 heavy (non-hydrogen) atoms. The molecule has 5 rings (SSSR count). The van der Waals surface area contributed by atoms with Gasteiger partial charge in [-0.2, -0.15) is 0 Å². The molecule has 0 aliphatic heterocycles. The number of hydrogen-bond acceptors (Lipinski definition) is 7. The normalized spacial score (nSPS) is 10.8. The summed E-state index contributed by atoms with van der Waals surface area (Å²) in [5.41, 5.74) is 5.51. The number of pyridine rings is 1. The predicted octanol–water partition coefficient (Wildman–Crippen LogP) is 6.10. The summed E-state index contributed by atoms with van der Waals surface area (Å²) < 4.78 is 10.9. The Morgan fingerprint density at radius 1 is 0.848 bits per heavy atom. The minimum atomic E-state index is 0.686. The number of benzene rings is 2. The molecule has 7 heteroatoms. The topological polar surface area (TPSA) is 69.2 Å². The first-order chi connectivity index (χ1) is 16.2.